The van der Waals surface area contributed by atoms with Gasteiger partial charge in [-0.15, -0.1) is 11.3 Å². The van der Waals surface area contributed by atoms with Gasteiger partial charge in [0.05, 0.1) is 12.6 Å². The summed E-state index contributed by atoms with van der Waals surface area (Å²) in [5.74, 6) is 0. The summed E-state index contributed by atoms with van der Waals surface area (Å²) in [4.78, 5) is 6.58. The normalized spacial score (nSPS) is 29.3. The van der Waals surface area contributed by atoms with Gasteiger partial charge in [0.25, 0.3) is 0 Å². The second kappa shape index (κ2) is 4.38. The van der Waals surface area contributed by atoms with Crippen molar-refractivity contribution in [2.75, 3.05) is 6.54 Å². The maximum absolute atomic E-state index is 9.57. The molecular weight excluding hydrogens is 196 g/mol. The molecule has 2 rings (SSSR count). The molecule has 2 atom stereocenters. The number of β-amino-alcohol motifs (C(OH)–C–C–N with tert-alkyl or cyclic N) is 1. The number of likely N-dealkylation sites (tertiary alicyclic amines) is 1. The first-order chi connectivity index (χ1) is 6.75. The van der Waals surface area contributed by atoms with E-state index in [0.29, 0.717) is 6.04 Å². The minimum atomic E-state index is -0.147. The second-order valence-corrected chi connectivity index (χ2v) is 4.91. The maximum Gasteiger partial charge on any atom is 0.107 e. The summed E-state index contributed by atoms with van der Waals surface area (Å²) in [6, 6.07) is 0.572. The van der Waals surface area contributed by atoms with Gasteiger partial charge in [-0.1, -0.05) is 0 Å². The lowest BCUT2D eigenvalue weighted by atomic mass is 10.0. The molecule has 0 spiro atoms. The second-order valence-electron chi connectivity index (χ2n) is 3.94. The lowest BCUT2D eigenvalue weighted by Crippen LogP contribution is -2.43. The highest BCUT2D eigenvalue weighted by atomic mass is 32.1. The molecule has 1 aliphatic rings. The Kier molecular flexibility index (Phi) is 3.15. The summed E-state index contributed by atoms with van der Waals surface area (Å²) in [7, 11) is 0. The lowest BCUT2D eigenvalue weighted by Gasteiger charge is -2.35. The Morgan fingerprint density at radius 1 is 1.64 bits per heavy atom. The highest BCUT2D eigenvalue weighted by Gasteiger charge is 2.24. The molecule has 0 saturated carbocycles. The van der Waals surface area contributed by atoms with Crippen molar-refractivity contribution in [2.24, 2.45) is 0 Å². The number of piperidine rings is 1. The van der Waals surface area contributed by atoms with E-state index in [1.54, 1.807) is 11.3 Å². The van der Waals surface area contributed by atoms with Crippen LogP contribution in [0.5, 0.6) is 0 Å². The van der Waals surface area contributed by atoms with Crippen molar-refractivity contribution < 1.29 is 5.11 Å². The molecular formula is C10H16N2OS. The van der Waals surface area contributed by atoms with Crippen molar-refractivity contribution in [1.29, 1.82) is 0 Å². The largest absolute Gasteiger partial charge is 0.392 e. The zero-order chi connectivity index (χ0) is 9.97. The summed E-state index contributed by atoms with van der Waals surface area (Å²) >= 11 is 1.69. The van der Waals surface area contributed by atoms with Gasteiger partial charge >= 0.3 is 0 Å². The quantitative estimate of drug-likeness (QED) is 0.807. The number of aliphatic hydroxyl groups excluding tert-OH is 1. The Morgan fingerprint density at radius 3 is 3.21 bits per heavy atom. The third-order valence-corrected chi connectivity index (χ3v) is 3.57. The van der Waals surface area contributed by atoms with E-state index in [1.165, 1.54) is 0 Å². The smallest absolute Gasteiger partial charge is 0.107 e. The van der Waals surface area contributed by atoms with Crippen molar-refractivity contribution in [3.05, 3.63) is 16.6 Å². The van der Waals surface area contributed by atoms with Crippen LogP contribution < -0.4 is 0 Å². The third kappa shape index (κ3) is 2.32. The fraction of sp³-hybridized carbons (Fsp3) is 0.700. The van der Waals surface area contributed by atoms with E-state index in [9.17, 15) is 5.11 Å². The molecule has 0 radical (unpaired) electrons. The average molecular weight is 212 g/mol. The van der Waals surface area contributed by atoms with E-state index in [0.717, 1.165) is 30.9 Å². The molecule has 0 bridgehead atoms. The van der Waals surface area contributed by atoms with E-state index in [-0.39, 0.29) is 6.10 Å². The fourth-order valence-electron chi connectivity index (χ4n) is 1.88. The number of nitrogens with zero attached hydrogens (tertiary/aromatic N) is 2. The van der Waals surface area contributed by atoms with Gasteiger partial charge < -0.3 is 5.11 Å². The molecule has 1 fully saturated rings. The lowest BCUT2D eigenvalue weighted by molar-refractivity contribution is 0.0364. The molecule has 1 aromatic heterocycles. The van der Waals surface area contributed by atoms with Crippen LogP contribution in [-0.2, 0) is 6.54 Å². The highest BCUT2D eigenvalue weighted by molar-refractivity contribution is 7.09. The Hall–Kier alpha value is -0.450. The molecule has 4 heteroatoms. The van der Waals surface area contributed by atoms with Crippen molar-refractivity contribution in [2.45, 2.75) is 38.5 Å². The van der Waals surface area contributed by atoms with E-state index < -0.39 is 0 Å². The zero-order valence-electron chi connectivity index (χ0n) is 8.39. The fourth-order valence-corrected chi connectivity index (χ4v) is 2.52. The predicted octanol–water partition coefficient (Wildman–Crippen LogP) is 1.49. The SMILES string of the molecule is CC1CCC(O)CN1Cc1nccs1. The third-order valence-electron chi connectivity index (χ3n) is 2.81. The Morgan fingerprint density at radius 2 is 2.50 bits per heavy atom. The van der Waals surface area contributed by atoms with E-state index in [2.05, 4.69) is 16.8 Å². The van der Waals surface area contributed by atoms with Crippen LogP contribution in [0.15, 0.2) is 11.6 Å². The molecule has 1 N–H and O–H groups in total. The number of hydrogen-bond donors (Lipinski definition) is 1. The van der Waals surface area contributed by atoms with Crippen molar-refractivity contribution in [3.63, 3.8) is 0 Å². The van der Waals surface area contributed by atoms with E-state index in [4.69, 9.17) is 0 Å². The molecule has 0 aromatic carbocycles. The molecule has 78 valence electrons. The van der Waals surface area contributed by atoms with Crippen molar-refractivity contribution >= 4 is 11.3 Å². The molecule has 2 heterocycles. The molecule has 1 aromatic rings. The first-order valence-corrected chi connectivity index (χ1v) is 5.94. The molecule has 0 amide bonds. The Labute approximate surface area is 88.4 Å². The molecule has 1 aliphatic heterocycles. The van der Waals surface area contributed by atoms with Gasteiger partial charge in [0, 0.05) is 24.2 Å². The first-order valence-electron chi connectivity index (χ1n) is 5.06. The first kappa shape index (κ1) is 10.1. The van der Waals surface area contributed by atoms with Crippen LogP contribution in [0.3, 0.4) is 0 Å². The van der Waals surface area contributed by atoms with Crippen LogP contribution in [-0.4, -0.2) is 33.7 Å². The van der Waals surface area contributed by atoms with Crippen LogP contribution >= 0.6 is 11.3 Å². The van der Waals surface area contributed by atoms with Gasteiger partial charge in [0.15, 0.2) is 0 Å². The predicted molar refractivity (Wildman–Crippen MR) is 57.2 cm³/mol. The van der Waals surface area contributed by atoms with Gasteiger partial charge in [0.2, 0.25) is 0 Å². The highest BCUT2D eigenvalue weighted by Crippen LogP contribution is 2.20. The molecule has 3 nitrogen and oxygen atoms in total. The molecule has 1 saturated heterocycles. The summed E-state index contributed by atoms with van der Waals surface area (Å²) in [5.41, 5.74) is 0. The Balaban J connectivity index is 1.95. The van der Waals surface area contributed by atoms with Crippen LogP contribution in [0, 0.1) is 0 Å². The molecule has 14 heavy (non-hydrogen) atoms. The Bertz CT molecular complexity index is 276. The topological polar surface area (TPSA) is 36.4 Å². The summed E-state index contributed by atoms with van der Waals surface area (Å²) in [6.07, 6.45) is 3.72. The standard InChI is InChI=1S/C10H16N2OS/c1-8-2-3-9(13)6-12(8)7-10-11-4-5-14-10/h4-5,8-9,13H,2-3,6-7H2,1H3. The van der Waals surface area contributed by atoms with Gasteiger partial charge in [-0.2, -0.15) is 0 Å². The van der Waals surface area contributed by atoms with Gasteiger partial charge in [-0.05, 0) is 19.8 Å². The number of hydrogen-bond acceptors (Lipinski definition) is 4. The summed E-state index contributed by atoms with van der Waals surface area (Å²) in [6.45, 7) is 3.90. The minimum absolute atomic E-state index is 0.147. The monoisotopic (exact) mass is 212 g/mol. The van der Waals surface area contributed by atoms with Gasteiger partial charge in [-0.25, -0.2) is 4.98 Å². The van der Waals surface area contributed by atoms with Crippen LogP contribution in [0.25, 0.3) is 0 Å². The van der Waals surface area contributed by atoms with Crippen LogP contribution in [0.2, 0.25) is 0 Å². The zero-order valence-corrected chi connectivity index (χ0v) is 9.20. The molecule has 0 aliphatic carbocycles. The molecule has 2 unspecified atom stereocenters. The summed E-state index contributed by atoms with van der Waals surface area (Å²) < 4.78 is 0. The van der Waals surface area contributed by atoms with E-state index in [1.807, 2.05) is 11.6 Å². The average Bonchev–Trinajstić information content (AvgIpc) is 2.64. The van der Waals surface area contributed by atoms with Crippen LogP contribution in [0.4, 0.5) is 0 Å². The maximum atomic E-state index is 9.57. The van der Waals surface area contributed by atoms with Gasteiger partial charge in [-0.3, -0.25) is 4.90 Å². The van der Waals surface area contributed by atoms with Crippen molar-refractivity contribution in [1.82, 2.24) is 9.88 Å². The van der Waals surface area contributed by atoms with Crippen LogP contribution in [0.1, 0.15) is 24.8 Å². The van der Waals surface area contributed by atoms with Crippen molar-refractivity contribution in [3.8, 4) is 0 Å². The number of thiazole rings is 1. The minimum Gasteiger partial charge on any atom is -0.392 e. The van der Waals surface area contributed by atoms with Gasteiger partial charge in [0.1, 0.15) is 5.01 Å². The summed E-state index contributed by atoms with van der Waals surface area (Å²) in [5, 5.41) is 12.7. The number of rotatable bonds is 2. The number of aliphatic hydroxyl groups is 1. The van der Waals surface area contributed by atoms with E-state index >= 15 is 0 Å². The number of aromatic nitrogens is 1.